The number of amides is 14. The number of rotatable bonds is 56. The van der Waals surface area contributed by atoms with Crippen LogP contribution < -0.4 is 103 Å². The SMILES string of the molecule is CC(C)C[C@H](NC(=O)[C@H](C)NC(=O)[C@H](CCCCN)NC(=O)[C@H](CC(C)C)NC(=O)[C@H](C)NC(=O)[C@H](CCCCN)NC(=O)[C@H](CC(C)C)NC(=O)[C@H](CC(C)C)NC(=O)[C@H](C)NC(=O)[C@H](CCCCN)NC(=O)[C@H](CC(C)C)NC(=O)[C@H](C)NC(=O)[C@H](CCCCN)NC(=O)[C@H](C)NC(=O)[C@@H](N)C(C)C)C(=O)O. The molecule has 0 aromatic carbocycles. The van der Waals surface area contributed by atoms with E-state index in [0.717, 1.165) is 0 Å². The molecular formula is C74H139N19O16. The van der Waals surface area contributed by atoms with Crippen LogP contribution in [0.1, 0.15) is 227 Å². The van der Waals surface area contributed by atoms with Gasteiger partial charge in [0.2, 0.25) is 82.7 Å². The van der Waals surface area contributed by atoms with Crippen molar-refractivity contribution in [3.05, 3.63) is 0 Å². The molecule has 25 N–H and O–H groups in total. The van der Waals surface area contributed by atoms with Crippen molar-refractivity contribution in [2.75, 3.05) is 26.2 Å². The highest BCUT2D eigenvalue weighted by Gasteiger charge is 2.37. The molecule has 109 heavy (non-hydrogen) atoms. The largest absolute Gasteiger partial charge is 0.480 e. The van der Waals surface area contributed by atoms with Crippen LogP contribution in [-0.2, 0) is 71.9 Å². The van der Waals surface area contributed by atoms with Gasteiger partial charge in [-0.05, 0) is 205 Å². The fourth-order valence-electron chi connectivity index (χ4n) is 11.3. The summed E-state index contributed by atoms with van der Waals surface area (Å²) in [5.41, 5.74) is 29.0. The summed E-state index contributed by atoms with van der Waals surface area (Å²) in [6.45, 7) is 29.6. The smallest absolute Gasteiger partial charge is 0.326 e. The van der Waals surface area contributed by atoms with E-state index in [1.165, 1.54) is 34.6 Å². The van der Waals surface area contributed by atoms with Crippen LogP contribution in [0.2, 0.25) is 0 Å². The van der Waals surface area contributed by atoms with Crippen LogP contribution >= 0.6 is 0 Å². The fourth-order valence-corrected chi connectivity index (χ4v) is 11.3. The first-order valence-corrected chi connectivity index (χ1v) is 39.0. The average Bonchev–Trinajstić information content (AvgIpc) is 0.865. The Labute approximate surface area is 645 Å². The summed E-state index contributed by atoms with van der Waals surface area (Å²) in [7, 11) is 0. The molecule has 0 saturated heterocycles. The van der Waals surface area contributed by atoms with E-state index in [1.54, 1.807) is 83.1 Å². The topological polar surface area (TPSA) is 575 Å². The van der Waals surface area contributed by atoms with Crippen LogP contribution in [-0.4, -0.2) is 211 Å². The quantitative estimate of drug-likeness (QED) is 0.0314. The standard InChI is InChI=1S/C74H139N19O16/c1-39(2)34-54(89-61(95)45(13)80-65(99)50(26-18-22-30-75)85-60(94)49(17)84-73(107)59(79)44(11)12)69(103)86-51(27-19-23-31-76)66(100)82-47(15)63(97)91-56(36-41(5)6)72(106)92-57(37-42(7)8)71(105)88-53(29-21-25-33-78)67(101)81-46(14)62(96)90-55(35-40(3)4)70(104)87-52(28-20-24-32-77)68(102)83-48(16)64(98)93-58(74(108)109)38-43(9)10/h39-59H,18-38,75-79H2,1-17H3,(H,80,99)(H,81,101)(H,82,100)(H,83,102)(H,84,107)(H,85,94)(H,86,103)(H,87,104)(H,88,105)(H,89,95)(H,90,96)(H,91,97)(H,92,106)(H,93,98)(H,108,109)/t45-,46-,47-,48-,49-,50-,51-,52-,53-,54-,55-,56-,57-,58-,59-/m0/s1. The zero-order chi connectivity index (χ0) is 83.5. The van der Waals surface area contributed by atoms with Gasteiger partial charge in [-0.1, -0.05) is 83.1 Å². The minimum absolute atomic E-state index is 0.0427. The van der Waals surface area contributed by atoms with Gasteiger partial charge in [-0.2, -0.15) is 0 Å². The van der Waals surface area contributed by atoms with Crippen molar-refractivity contribution < 1.29 is 77.0 Å². The van der Waals surface area contributed by atoms with Crippen LogP contribution in [0.4, 0.5) is 0 Å². The highest BCUT2D eigenvalue weighted by Crippen LogP contribution is 2.16. The van der Waals surface area contributed by atoms with E-state index in [4.69, 9.17) is 28.7 Å². The second kappa shape index (κ2) is 53.7. The molecular weight excluding hydrogens is 1410 g/mol. The van der Waals surface area contributed by atoms with Gasteiger partial charge in [0.1, 0.15) is 84.6 Å². The molecule has 626 valence electrons. The number of aliphatic carboxylic acids is 1. The summed E-state index contributed by atoms with van der Waals surface area (Å²) in [5.74, 6) is -12.7. The molecule has 0 spiro atoms. The van der Waals surface area contributed by atoms with E-state index in [9.17, 15) is 77.0 Å². The Morgan fingerprint density at radius 2 is 0.394 bits per heavy atom. The Bertz CT molecular complexity index is 2900. The van der Waals surface area contributed by atoms with E-state index in [2.05, 4.69) is 74.4 Å². The number of hydrogen-bond donors (Lipinski definition) is 20. The maximum Gasteiger partial charge on any atom is 0.326 e. The van der Waals surface area contributed by atoms with Gasteiger partial charge in [0, 0.05) is 0 Å². The molecule has 15 atom stereocenters. The second-order valence-electron chi connectivity index (χ2n) is 31.1. The fraction of sp³-hybridized carbons (Fsp3) is 0.797. The van der Waals surface area contributed by atoms with Gasteiger partial charge >= 0.3 is 5.97 Å². The van der Waals surface area contributed by atoms with E-state index in [-0.39, 0.29) is 113 Å². The number of carboxylic acids is 1. The minimum Gasteiger partial charge on any atom is -0.480 e. The molecule has 35 heteroatoms. The van der Waals surface area contributed by atoms with Crippen molar-refractivity contribution in [2.45, 2.75) is 317 Å². The van der Waals surface area contributed by atoms with Gasteiger partial charge in [-0.15, -0.1) is 0 Å². The van der Waals surface area contributed by atoms with Gasteiger partial charge in [0.05, 0.1) is 6.04 Å². The molecule has 0 aliphatic rings. The summed E-state index contributed by atoms with van der Waals surface area (Å²) in [6.07, 6.45) is 4.18. The predicted octanol–water partition coefficient (Wildman–Crippen LogP) is -1.31. The number of hydrogen-bond acceptors (Lipinski definition) is 20. The molecule has 0 saturated carbocycles. The third kappa shape index (κ3) is 41.5. The molecule has 0 heterocycles. The monoisotopic (exact) mass is 1550 g/mol. The van der Waals surface area contributed by atoms with Crippen LogP contribution in [0.25, 0.3) is 0 Å². The molecule has 0 radical (unpaired) electrons. The van der Waals surface area contributed by atoms with E-state index in [1.807, 2.05) is 0 Å². The van der Waals surface area contributed by atoms with E-state index >= 15 is 0 Å². The van der Waals surface area contributed by atoms with Crippen molar-refractivity contribution in [3.63, 3.8) is 0 Å². The number of carbonyl (C=O) groups excluding carboxylic acids is 14. The van der Waals surface area contributed by atoms with Gasteiger partial charge in [0.25, 0.3) is 0 Å². The molecule has 0 rings (SSSR count). The summed E-state index contributed by atoms with van der Waals surface area (Å²) in [5, 5.41) is 46.7. The van der Waals surface area contributed by atoms with Crippen molar-refractivity contribution >= 4 is 88.7 Å². The van der Waals surface area contributed by atoms with Crippen LogP contribution in [0.3, 0.4) is 0 Å². The van der Waals surface area contributed by atoms with Crippen LogP contribution in [0, 0.1) is 35.5 Å². The van der Waals surface area contributed by atoms with Crippen molar-refractivity contribution in [1.82, 2.24) is 74.4 Å². The van der Waals surface area contributed by atoms with Gasteiger partial charge < -0.3 is 108 Å². The number of nitrogens with two attached hydrogens (primary N) is 5. The Kier molecular flexibility index (Phi) is 49.6. The zero-order valence-electron chi connectivity index (χ0n) is 67.9. The summed E-state index contributed by atoms with van der Waals surface area (Å²) >= 11 is 0. The lowest BCUT2D eigenvalue weighted by Crippen LogP contribution is -2.60. The molecule has 35 nitrogen and oxygen atoms in total. The summed E-state index contributed by atoms with van der Waals surface area (Å²) < 4.78 is 0. The predicted molar refractivity (Wildman–Crippen MR) is 415 cm³/mol. The molecule has 14 amide bonds. The average molecular weight is 1550 g/mol. The number of unbranched alkanes of at least 4 members (excludes halogenated alkanes) is 4. The van der Waals surface area contributed by atoms with Gasteiger partial charge in [-0.25, -0.2) is 4.79 Å². The highest BCUT2D eigenvalue weighted by atomic mass is 16.4. The Balaban J connectivity index is 6.66. The molecule has 0 aromatic heterocycles. The van der Waals surface area contributed by atoms with Crippen molar-refractivity contribution in [3.8, 4) is 0 Å². The molecule has 0 aliphatic carbocycles. The summed E-state index contributed by atoms with van der Waals surface area (Å²) in [6, 6.07) is -18.2. The highest BCUT2D eigenvalue weighted by molar-refractivity contribution is 6.00. The van der Waals surface area contributed by atoms with Gasteiger partial charge in [0.15, 0.2) is 0 Å². The van der Waals surface area contributed by atoms with Crippen molar-refractivity contribution in [2.24, 2.45) is 64.2 Å². The first-order chi connectivity index (χ1) is 50.9. The lowest BCUT2D eigenvalue weighted by atomic mass is 9.99. The number of nitrogens with one attached hydrogen (secondary N) is 14. The molecule has 0 aromatic rings. The number of carbonyl (C=O) groups is 15. The maximum absolute atomic E-state index is 14.5. The molecule has 0 unspecified atom stereocenters. The summed E-state index contributed by atoms with van der Waals surface area (Å²) in [4.78, 5) is 206. The van der Waals surface area contributed by atoms with E-state index in [0.29, 0.717) is 57.9 Å². The molecule has 0 bridgehead atoms. The van der Waals surface area contributed by atoms with Crippen LogP contribution in [0.15, 0.2) is 0 Å². The minimum atomic E-state index is -1.32. The van der Waals surface area contributed by atoms with Gasteiger partial charge in [-0.3, -0.25) is 67.1 Å². The third-order valence-electron chi connectivity index (χ3n) is 17.8. The normalized spacial score (nSPS) is 15.6. The third-order valence-corrected chi connectivity index (χ3v) is 17.8. The first kappa shape index (κ1) is 101. The Morgan fingerprint density at radius 1 is 0.229 bits per heavy atom. The lowest BCUT2D eigenvalue weighted by Gasteiger charge is -2.28. The van der Waals surface area contributed by atoms with Crippen LogP contribution in [0.5, 0.6) is 0 Å². The Hall–Kier alpha value is -8.15. The first-order valence-electron chi connectivity index (χ1n) is 39.0. The zero-order valence-corrected chi connectivity index (χ0v) is 67.9. The van der Waals surface area contributed by atoms with E-state index < -0.39 is 179 Å². The van der Waals surface area contributed by atoms with Crippen molar-refractivity contribution in [1.29, 1.82) is 0 Å². The lowest BCUT2D eigenvalue weighted by molar-refractivity contribution is -0.142. The molecule has 0 fully saturated rings. The Morgan fingerprint density at radius 3 is 0.587 bits per heavy atom. The second-order valence-corrected chi connectivity index (χ2v) is 31.1. The maximum atomic E-state index is 14.5. The molecule has 0 aliphatic heterocycles. The number of carboxylic acid groups (broad SMARTS) is 1.